The molecular formula is C26H30BrN7O2. The number of fused-ring (bicyclic) bond motifs is 2. The highest BCUT2D eigenvalue weighted by molar-refractivity contribution is 9.10. The largest absolute Gasteiger partial charge is 0.383 e. The Morgan fingerprint density at radius 2 is 2.00 bits per heavy atom. The van der Waals surface area contributed by atoms with E-state index >= 15 is 0 Å². The first-order valence-electron chi connectivity index (χ1n) is 12.1. The molecule has 5 rings (SSSR count). The Hall–Kier alpha value is -3.08. The fraction of sp³-hybridized carbons (Fsp3) is 0.385. The number of nitrogen functional groups attached to an aromatic ring is 1. The van der Waals surface area contributed by atoms with Crippen molar-refractivity contribution in [2.45, 2.75) is 51.8 Å². The number of pyridine rings is 1. The van der Waals surface area contributed by atoms with Crippen LogP contribution in [0.15, 0.2) is 41.1 Å². The number of likely N-dealkylation sites (tertiary alicyclic amines) is 1. The number of nitrogens with two attached hydrogens (primary N) is 1. The fourth-order valence-electron chi connectivity index (χ4n) is 4.68. The third-order valence-electron chi connectivity index (χ3n) is 6.70. The number of aromatic nitrogens is 4. The minimum absolute atomic E-state index is 0.227. The van der Waals surface area contributed by atoms with E-state index in [1.807, 2.05) is 12.3 Å². The first-order valence-corrected chi connectivity index (χ1v) is 12.8. The van der Waals surface area contributed by atoms with Crippen molar-refractivity contribution in [2.24, 2.45) is 0 Å². The molecule has 4 N–H and O–H groups in total. The maximum Gasteiger partial charge on any atom is 0.253 e. The van der Waals surface area contributed by atoms with Crippen molar-refractivity contribution < 1.29 is 9.90 Å². The van der Waals surface area contributed by atoms with Crippen molar-refractivity contribution in [2.75, 3.05) is 18.8 Å². The molecule has 0 saturated carbocycles. The van der Waals surface area contributed by atoms with Crippen molar-refractivity contribution in [1.82, 2.24) is 29.8 Å². The number of carbonyl (C=O) groups is 1. The Morgan fingerprint density at radius 3 is 2.72 bits per heavy atom. The number of carbonyl (C=O) groups excluding carboxylic acids is 1. The highest BCUT2D eigenvalue weighted by Crippen LogP contribution is 2.31. The minimum Gasteiger partial charge on any atom is -0.383 e. The van der Waals surface area contributed by atoms with Gasteiger partial charge in [-0.1, -0.05) is 11.6 Å². The molecule has 1 aromatic carbocycles. The first-order chi connectivity index (χ1) is 17.1. The van der Waals surface area contributed by atoms with Crippen LogP contribution in [0.5, 0.6) is 0 Å². The fourth-order valence-corrected chi connectivity index (χ4v) is 5.07. The highest BCUT2D eigenvalue weighted by atomic mass is 79.9. The van der Waals surface area contributed by atoms with E-state index < -0.39 is 5.60 Å². The number of aryl methyl sites for hydroxylation is 1. The summed E-state index contributed by atoms with van der Waals surface area (Å²) in [6.45, 7) is 6.86. The lowest BCUT2D eigenvalue weighted by molar-refractivity contribution is -0.149. The van der Waals surface area contributed by atoms with E-state index in [9.17, 15) is 9.90 Å². The number of anilines is 1. The van der Waals surface area contributed by atoms with Gasteiger partial charge in [0.1, 0.15) is 11.4 Å². The monoisotopic (exact) mass is 551 g/mol. The summed E-state index contributed by atoms with van der Waals surface area (Å²) in [5.74, 6) is 0.258. The zero-order valence-electron chi connectivity index (χ0n) is 20.6. The number of benzene rings is 1. The Balaban J connectivity index is 1.37. The Kier molecular flexibility index (Phi) is 6.44. The zero-order chi connectivity index (χ0) is 25.6. The lowest BCUT2D eigenvalue weighted by Crippen LogP contribution is -2.51. The molecule has 1 aliphatic rings. The average Bonchev–Trinajstić information content (AvgIpc) is 3.28. The van der Waals surface area contributed by atoms with E-state index in [4.69, 9.17) is 10.7 Å². The van der Waals surface area contributed by atoms with Crippen LogP contribution in [-0.4, -0.2) is 60.2 Å². The van der Waals surface area contributed by atoms with Crippen LogP contribution in [0.2, 0.25) is 0 Å². The lowest BCUT2D eigenvalue weighted by atomic mass is 10.0. The van der Waals surface area contributed by atoms with Gasteiger partial charge in [-0.25, -0.2) is 4.98 Å². The second-order valence-corrected chi connectivity index (χ2v) is 10.8. The normalized spacial score (nSPS) is 15.2. The summed E-state index contributed by atoms with van der Waals surface area (Å²) >= 11 is 3.60. The molecule has 4 aromatic rings. The van der Waals surface area contributed by atoms with Crippen LogP contribution in [0, 0.1) is 6.92 Å². The molecule has 4 heterocycles. The topological polar surface area (TPSA) is 122 Å². The number of nitrogens with one attached hydrogen (secondary N) is 1. The predicted octanol–water partition coefficient (Wildman–Crippen LogP) is 3.45. The molecule has 36 heavy (non-hydrogen) atoms. The van der Waals surface area contributed by atoms with Crippen LogP contribution in [0.4, 0.5) is 5.82 Å². The smallest absolute Gasteiger partial charge is 0.253 e. The van der Waals surface area contributed by atoms with Crippen molar-refractivity contribution in [3.05, 3.63) is 52.4 Å². The molecule has 0 atom stereocenters. The molecule has 1 saturated heterocycles. The molecule has 188 valence electrons. The molecule has 3 aromatic heterocycles. The van der Waals surface area contributed by atoms with E-state index in [1.165, 1.54) is 19.4 Å². The van der Waals surface area contributed by atoms with E-state index in [0.29, 0.717) is 35.6 Å². The number of halogens is 1. The molecule has 0 spiro atoms. The van der Waals surface area contributed by atoms with Gasteiger partial charge in [-0.05, 0) is 67.7 Å². The van der Waals surface area contributed by atoms with Crippen LogP contribution in [0.1, 0.15) is 37.9 Å². The van der Waals surface area contributed by atoms with Gasteiger partial charge < -0.3 is 21.1 Å². The second-order valence-electron chi connectivity index (χ2n) is 9.98. The van der Waals surface area contributed by atoms with Gasteiger partial charge in [0.15, 0.2) is 5.65 Å². The third-order valence-corrected chi connectivity index (χ3v) is 7.57. The maximum absolute atomic E-state index is 12.3. The number of rotatable bonds is 5. The zero-order valence-corrected chi connectivity index (χ0v) is 22.2. The van der Waals surface area contributed by atoms with Gasteiger partial charge in [0.25, 0.3) is 5.91 Å². The van der Waals surface area contributed by atoms with Gasteiger partial charge in [-0.2, -0.15) is 9.61 Å². The number of hydrogen-bond donors (Lipinski definition) is 3. The van der Waals surface area contributed by atoms with E-state index in [2.05, 4.69) is 56.5 Å². The van der Waals surface area contributed by atoms with E-state index in [-0.39, 0.29) is 11.9 Å². The van der Waals surface area contributed by atoms with Crippen molar-refractivity contribution in [3.8, 4) is 11.1 Å². The number of aliphatic hydroxyl groups is 1. The van der Waals surface area contributed by atoms with Crippen molar-refractivity contribution in [3.63, 3.8) is 0 Å². The van der Waals surface area contributed by atoms with Gasteiger partial charge in [0, 0.05) is 48.4 Å². The highest BCUT2D eigenvalue weighted by Gasteiger charge is 2.32. The number of amides is 1. The van der Waals surface area contributed by atoms with Gasteiger partial charge >= 0.3 is 0 Å². The average molecular weight is 552 g/mol. The summed E-state index contributed by atoms with van der Waals surface area (Å²) in [5, 5.41) is 19.1. The Bertz CT molecular complexity index is 1450. The van der Waals surface area contributed by atoms with Gasteiger partial charge in [0.2, 0.25) is 0 Å². The predicted molar refractivity (Wildman–Crippen MR) is 143 cm³/mol. The molecule has 1 fully saturated rings. The van der Waals surface area contributed by atoms with Gasteiger partial charge in [-0.15, -0.1) is 0 Å². The molecule has 1 amide bonds. The minimum atomic E-state index is -1.34. The van der Waals surface area contributed by atoms with Crippen LogP contribution >= 0.6 is 15.9 Å². The van der Waals surface area contributed by atoms with E-state index in [1.54, 1.807) is 15.6 Å². The lowest BCUT2D eigenvalue weighted by Gasteiger charge is -2.35. The summed E-state index contributed by atoms with van der Waals surface area (Å²) in [6.07, 6.45) is 5.22. The molecule has 0 bridgehead atoms. The van der Waals surface area contributed by atoms with Crippen LogP contribution in [-0.2, 0) is 11.3 Å². The standard InChI is InChI=1S/C26H30BrN7O2/c1-15-4-5-20-16(10-15)11-17(12-30-20)19-13-31-34-23(28)22(27)21(32-24(19)34)14-29-18-6-8-33(9-7-18)25(35)26(2,3)36/h4-5,10-13,18,29,36H,6-9,14,28H2,1-3H3. The van der Waals surface area contributed by atoms with Crippen LogP contribution < -0.4 is 11.1 Å². The quantitative estimate of drug-likeness (QED) is 0.347. The summed E-state index contributed by atoms with van der Waals surface area (Å²) in [4.78, 5) is 23.6. The van der Waals surface area contributed by atoms with Gasteiger partial charge in [-0.3, -0.25) is 9.78 Å². The Labute approximate surface area is 217 Å². The summed E-state index contributed by atoms with van der Waals surface area (Å²) < 4.78 is 2.35. The molecule has 1 aliphatic heterocycles. The summed E-state index contributed by atoms with van der Waals surface area (Å²) in [6, 6.07) is 8.53. The van der Waals surface area contributed by atoms with Crippen molar-refractivity contribution in [1.29, 1.82) is 0 Å². The van der Waals surface area contributed by atoms with Gasteiger partial charge in [0.05, 0.1) is 21.9 Å². The molecule has 0 unspecified atom stereocenters. The molecule has 0 aliphatic carbocycles. The summed E-state index contributed by atoms with van der Waals surface area (Å²) in [5.41, 5.74) is 10.5. The maximum atomic E-state index is 12.3. The molecule has 10 heteroatoms. The van der Waals surface area contributed by atoms with Crippen LogP contribution in [0.25, 0.3) is 27.7 Å². The molecule has 0 radical (unpaired) electrons. The molecule has 9 nitrogen and oxygen atoms in total. The number of piperidine rings is 1. The third kappa shape index (κ3) is 4.68. The van der Waals surface area contributed by atoms with Crippen molar-refractivity contribution >= 4 is 44.2 Å². The number of hydrogen-bond acceptors (Lipinski definition) is 7. The SMILES string of the molecule is Cc1ccc2ncc(-c3cnn4c(N)c(Br)c(CNC5CCN(C(=O)C(C)(C)O)CC5)nc34)cc2c1. The Morgan fingerprint density at radius 1 is 1.25 bits per heavy atom. The first kappa shape index (κ1) is 24.6. The van der Waals surface area contributed by atoms with E-state index in [0.717, 1.165) is 40.6 Å². The number of nitrogens with zero attached hydrogens (tertiary/aromatic N) is 5. The second kappa shape index (κ2) is 9.42. The summed E-state index contributed by atoms with van der Waals surface area (Å²) in [7, 11) is 0. The molecular weight excluding hydrogens is 522 g/mol. The van der Waals surface area contributed by atoms with Crippen LogP contribution in [0.3, 0.4) is 0 Å².